The van der Waals surface area contributed by atoms with Gasteiger partial charge in [-0.2, -0.15) is 0 Å². The van der Waals surface area contributed by atoms with E-state index in [2.05, 4.69) is 25.6 Å². The molecule has 1 saturated carbocycles. The fraction of sp³-hybridized carbons (Fsp3) is 0.391. The molecule has 10 nitrogen and oxygen atoms in total. The van der Waals surface area contributed by atoms with Crippen LogP contribution in [0.2, 0.25) is 0 Å². The second kappa shape index (κ2) is 12.1. The Bertz CT molecular complexity index is 1210. The number of anilines is 1. The van der Waals surface area contributed by atoms with Gasteiger partial charge in [0, 0.05) is 43.0 Å². The lowest BCUT2D eigenvalue weighted by Crippen LogP contribution is -2.36. The molecule has 0 unspecified atom stereocenters. The highest BCUT2D eigenvalue weighted by Crippen LogP contribution is 2.29. The van der Waals surface area contributed by atoms with Gasteiger partial charge in [-0.1, -0.05) is 0 Å². The molecule has 0 radical (unpaired) electrons. The smallest absolute Gasteiger partial charge is 0.301 e. The van der Waals surface area contributed by atoms with E-state index in [0.29, 0.717) is 34.2 Å². The van der Waals surface area contributed by atoms with Gasteiger partial charge < -0.3 is 15.4 Å². The van der Waals surface area contributed by atoms with Crippen LogP contribution in [0.1, 0.15) is 31.2 Å². The van der Waals surface area contributed by atoms with Crippen molar-refractivity contribution in [2.24, 2.45) is 5.92 Å². The molecule has 3 aromatic heterocycles. The highest BCUT2D eigenvalue weighted by molar-refractivity contribution is 7.98. The minimum absolute atomic E-state index is 0. The third kappa shape index (κ3) is 6.36. The molecule has 0 atom stereocenters. The zero-order chi connectivity index (χ0) is 24.1. The van der Waals surface area contributed by atoms with Gasteiger partial charge in [-0.3, -0.25) is 19.9 Å². The summed E-state index contributed by atoms with van der Waals surface area (Å²) >= 11 is 1.26. The number of nitrogens with zero attached hydrogens (tertiary/aromatic N) is 4. The van der Waals surface area contributed by atoms with Crippen molar-refractivity contribution < 1.29 is 14.5 Å². The van der Waals surface area contributed by atoms with Crippen LogP contribution >= 0.6 is 24.2 Å². The molecule has 4 rings (SSSR count). The third-order valence-corrected chi connectivity index (χ3v) is 6.70. The Balaban J connectivity index is 0.00000342. The lowest BCUT2D eigenvalue weighted by molar-refractivity contribution is -0.388. The number of methoxy groups -OCH3 is 1. The quantitative estimate of drug-likeness (QED) is 0.253. The van der Waals surface area contributed by atoms with Crippen molar-refractivity contribution in [1.82, 2.24) is 20.3 Å². The summed E-state index contributed by atoms with van der Waals surface area (Å²) in [6, 6.07) is 7.12. The van der Waals surface area contributed by atoms with Gasteiger partial charge in [0.2, 0.25) is 11.8 Å². The number of halogens is 1. The van der Waals surface area contributed by atoms with E-state index in [-0.39, 0.29) is 36.0 Å². The van der Waals surface area contributed by atoms with Gasteiger partial charge in [0.05, 0.1) is 23.2 Å². The Labute approximate surface area is 213 Å². The first-order chi connectivity index (χ1) is 16.5. The molecule has 186 valence electrons. The standard InChI is InChI=1S/C23H26N6O4S.ClH/c1-33-20-8-7-17-21(28-20)18(9-10-24-17)27-22(30)15-3-5-16(6-4-15)25-12-14-11-19(29(31)32)23(34-2)26-13-14;/h7-11,13,15-16,25H,3-6,12H2,1-2H3,(H,24,27,30);1H. The van der Waals surface area contributed by atoms with Crippen molar-refractivity contribution in [2.75, 3.05) is 18.7 Å². The Morgan fingerprint density at radius 2 is 2.00 bits per heavy atom. The van der Waals surface area contributed by atoms with E-state index in [1.807, 2.05) is 6.07 Å². The average Bonchev–Trinajstić information content (AvgIpc) is 2.87. The number of ether oxygens (including phenoxy) is 1. The van der Waals surface area contributed by atoms with Gasteiger partial charge in [0.15, 0.2) is 5.03 Å². The van der Waals surface area contributed by atoms with Gasteiger partial charge in [-0.05, 0) is 49.6 Å². The summed E-state index contributed by atoms with van der Waals surface area (Å²) in [4.78, 5) is 36.7. The summed E-state index contributed by atoms with van der Waals surface area (Å²) in [5.74, 6) is 0.352. The summed E-state index contributed by atoms with van der Waals surface area (Å²) in [5.41, 5.74) is 2.71. The Hall–Kier alpha value is -3.02. The lowest BCUT2D eigenvalue weighted by atomic mass is 9.85. The maximum absolute atomic E-state index is 12.9. The molecule has 2 N–H and O–H groups in total. The summed E-state index contributed by atoms with van der Waals surface area (Å²) in [6.07, 6.45) is 8.30. The minimum Gasteiger partial charge on any atom is -0.481 e. The first kappa shape index (κ1) is 26.6. The highest BCUT2D eigenvalue weighted by Gasteiger charge is 2.27. The third-order valence-electron chi connectivity index (χ3n) is 6.00. The lowest BCUT2D eigenvalue weighted by Gasteiger charge is -2.28. The molecule has 0 bridgehead atoms. The maximum Gasteiger partial charge on any atom is 0.301 e. The number of hydrogen-bond acceptors (Lipinski definition) is 9. The molecule has 1 aliphatic carbocycles. The summed E-state index contributed by atoms with van der Waals surface area (Å²) in [7, 11) is 1.55. The molecule has 0 aromatic carbocycles. The minimum atomic E-state index is -0.399. The number of amides is 1. The number of carbonyl (C=O) groups is 1. The topological polar surface area (TPSA) is 132 Å². The number of rotatable bonds is 8. The van der Waals surface area contributed by atoms with Crippen molar-refractivity contribution in [1.29, 1.82) is 0 Å². The second-order valence-electron chi connectivity index (χ2n) is 8.13. The SMILES string of the molecule is COc1ccc2nccc(NC(=O)C3CCC(NCc4cnc(SC)c([N+](=O)[O-])c4)CC3)c2n1.Cl. The number of hydrogen-bond donors (Lipinski definition) is 2. The van der Waals surface area contributed by atoms with Crippen molar-refractivity contribution in [3.05, 3.63) is 52.3 Å². The molecular formula is C23H27ClN6O4S. The first-order valence-corrected chi connectivity index (χ1v) is 12.2. The van der Waals surface area contributed by atoms with E-state index in [0.717, 1.165) is 31.2 Å². The van der Waals surface area contributed by atoms with Crippen LogP contribution in [0.5, 0.6) is 5.88 Å². The van der Waals surface area contributed by atoms with E-state index in [1.165, 1.54) is 11.8 Å². The van der Waals surface area contributed by atoms with Gasteiger partial charge in [-0.25, -0.2) is 9.97 Å². The number of nitrogens with one attached hydrogen (secondary N) is 2. The summed E-state index contributed by atoms with van der Waals surface area (Å²) < 4.78 is 5.20. The molecule has 3 aromatic rings. The van der Waals surface area contributed by atoms with Gasteiger partial charge in [0.25, 0.3) is 0 Å². The van der Waals surface area contributed by atoms with E-state index in [9.17, 15) is 14.9 Å². The summed E-state index contributed by atoms with van der Waals surface area (Å²) in [5, 5.41) is 18.1. The zero-order valence-corrected chi connectivity index (χ0v) is 21.0. The van der Waals surface area contributed by atoms with Crippen LogP contribution in [0.4, 0.5) is 11.4 Å². The van der Waals surface area contributed by atoms with Crippen LogP contribution in [-0.2, 0) is 11.3 Å². The Kier molecular flexibility index (Phi) is 9.19. The molecule has 1 amide bonds. The number of nitro groups is 1. The van der Waals surface area contributed by atoms with Gasteiger partial charge in [0.1, 0.15) is 5.52 Å². The first-order valence-electron chi connectivity index (χ1n) is 11.0. The molecule has 3 heterocycles. The zero-order valence-electron chi connectivity index (χ0n) is 19.4. The van der Waals surface area contributed by atoms with Crippen molar-refractivity contribution in [3.8, 4) is 5.88 Å². The number of pyridine rings is 3. The van der Waals surface area contributed by atoms with Crippen LogP contribution in [0.3, 0.4) is 0 Å². The Morgan fingerprint density at radius 3 is 2.69 bits per heavy atom. The predicted molar refractivity (Wildman–Crippen MR) is 137 cm³/mol. The molecule has 0 aliphatic heterocycles. The van der Waals surface area contributed by atoms with Crippen LogP contribution in [0.15, 0.2) is 41.7 Å². The molecule has 0 spiro atoms. The highest BCUT2D eigenvalue weighted by atomic mass is 35.5. The fourth-order valence-corrected chi connectivity index (χ4v) is 4.65. The van der Waals surface area contributed by atoms with Crippen LogP contribution < -0.4 is 15.4 Å². The van der Waals surface area contributed by atoms with Crippen LogP contribution in [0, 0.1) is 16.0 Å². The second-order valence-corrected chi connectivity index (χ2v) is 8.92. The maximum atomic E-state index is 12.9. The monoisotopic (exact) mass is 518 g/mol. The van der Waals surface area contributed by atoms with E-state index < -0.39 is 4.92 Å². The summed E-state index contributed by atoms with van der Waals surface area (Å²) in [6.45, 7) is 0.501. The normalized spacial score (nSPS) is 17.4. The number of fused-ring (bicyclic) bond motifs is 1. The number of aromatic nitrogens is 3. The molecule has 0 saturated heterocycles. The van der Waals surface area contributed by atoms with Gasteiger partial charge >= 0.3 is 5.69 Å². The van der Waals surface area contributed by atoms with Crippen molar-refractivity contribution in [2.45, 2.75) is 43.3 Å². The average molecular weight is 519 g/mol. The van der Waals surface area contributed by atoms with E-state index in [1.54, 1.807) is 44.0 Å². The van der Waals surface area contributed by atoms with Crippen molar-refractivity contribution in [3.63, 3.8) is 0 Å². The number of thioether (sulfide) groups is 1. The largest absolute Gasteiger partial charge is 0.481 e. The molecule has 35 heavy (non-hydrogen) atoms. The van der Waals surface area contributed by atoms with E-state index >= 15 is 0 Å². The molecule has 1 fully saturated rings. The molecular weight excluding hydrogens is 492 g/mol. The van der Waals surface area contributed by atoms with Crippen LogP contribution in [0.25, 0.3) is 11.0 Å². The molecule has 1 aliphatic rings. The number of carbonyl (C=O) groups excluding carboxylic acids is 1. The molecule has 12 heteroatoms. The van der Waals surface area contributed by atoms with Gasteiger partial charge in [-0.15, -0.1) is 24.2 Å². The predicted octanol–water partition coefficient (Wildman–Crippen LogP) is 4.37. The fourth-order valence-electron chi connectivity index (χ4n) is 4.15. The Morgan fingerprint density at radius 1 is 1.23 bits per heavy atom. The van der Waals surface area contributed by atoms with E-state index in [4.69, 9.17) is 4.74 Å². The van der Waals surface area contributed by atoms with Crippen molar-refractivity contribution >= 4 is 52.5 Å². The van der Waals surface area contributed by atoms with Crippen LogP contribution in [-0.4, -0.2) is 45.2 Å².